The molecule has 1 heterocycles. The van der Waals surface area contributed by atoms with Gasteiger partial charge in [-0.15, -0.1) is 0 Å². The van der Waals surface area contributed by atoms with Gasteiger partial charge in [-0.3, -0.25) is 0 Å². The zero-order valence-corrected chi connectivity index (χ0v) is 19.9. The molecule has 0 atom stereocenters. The predicted molar refractivity (Wildman–Crippen MR) is 139 cm³/mol. The summed E-state index contributed by atoms with van der Waals surface area (Å²) in [5, 5.41) is 11.5. The van der Waals surface area contributed by atoms with Crippen LogP contribution in [0.4, 0.5) is 17.2 Å². The highest BCUT2D eigenvalue weighted by Crippen LogP contribution is 2.39. The standard InChI is InChI=1S/C26H29ClN4S/c1-19-8-3-4-11-23(19)31-24-13-12-22(17-28-24)30-25(32)29-18-26(14-5-2-6-15-26)20-9-7-10-21(27)16-20/h3-4,7-13,16-17H,2,5-6,14-15,18H2,1H3,(H,28,31)(H2,29,30,32). The Morgan fingerprint density at radius 2 is 1.84 bits per heavy atom. The van der Waals surface area contributed by atoms with Gasteiger partial charge in [-0.2, -0.15) is 0 Å². The molecular formula is C26H29ClN4S. The van der Waals surface area contributed by atoms with Crippen molar-refractivity contribution in [3.05, 3.63) is 83.0 Å². The topological polar surface area (TPSA) is 49.0 Å². The molecular weight excluding hydrogens is 436 g/mol. The Balaban J connectivity index is 1.37. The average Bonchev–Trinajstić information content (AvgIpc) is 2.81. The summed E-state index contributed by atoms with van der Waals surface area (Å²) in [4.78, 5) is 4.51. The van der Waals surface area contributed by atoms with Gasteiger partial charge in [-0.05, 0) is 73.4 Å². The number of aromatic nitrogens is 1. The van der Waals surface area contributed by atoms with E-state index in [9.17, 15) is 0 Å². The second-order valence-electron chi connectivity index (χ2n) is 8.53. The van der Waals surface area contributed by atoms with Crippen LogP contribution in [0, 0.1) is 6.92 Å². The van der Waals surface area contributed by atoms with Crippen molar-refractivity contribution in [3.8, 4) is 0 Å². The molecule has 0 amide bonds. The van der Waals surface area contributed by atoms with E-state index in [1.165, 1.54) is 30.4 Å². The fourth-order valence-electron chi connectivity index (χ4n) is 4.43. The molecule has 4 rings (SSSR count). The Kier molecular flexibility index (Phi) is 7.28. The van der Waals surface area contributed by atoms with Gasteiger partial charge in [-0.25, -0.2) is 4.98 Å². The largest absolute Gasteiger partial charge is 0.362 e. The molecule has 0 spiro atoms. The minimum Gasteiger partial charge on any atom is -0.362 e. The Hall–Kier alpha value is -2.63. The van der Waals surface area contributed by atoms with Crippen LogP contribution >= 0.6 is 23.8 Å². The van der Waals surface area contributed by atoms with Gasteiger partial charge >= 0.3 is 0 Å². The number of nitrogens with one attached hydrogen (secondary N) is 3. The lowest BCUT2D eigenvalue weighted by molar-refractivity contribution is 0.292. The van der Waals surface area contributed by atoms with E-state index in [1.54, 1.807) is 6.20 Å². The van der Waals surface area contributed by atoms with Gasteiger partial charge < -0.3 is 16.0 Å². The number of aryl methyl sites for hydroxylation is 1. The lowest BCUT2D eigenvalue weighted by Gasteiger charge is -2.38. The number of hydrogen-bond acceptors (Lipinski definition) is 3. The van der Waals surface area contributed by atoms with Crippen molar-refractivity contribution in [2.24, 2.45) is 0 Å². The van der Waals surface area contributed by atoms with E-state index < -0.39 is 0 Å². The fourth-order valence-corrected chi connectivity index (χ4v) is 4.81. The zero-order valence-electron chi connectivity index (χ0n) is 18.3. The van der Waals surface area contributed by atoms with E-state index in [4.69, 9.17) is 23.8 Å². The zero-order chi connectivity index (χ0) is 22.4. The molecule has 3 N–H and O–H groups in total. The molecule has 166 valence electrons. The van der Waals surface area contributed by atoms with E-state index in [1.807, 2.05) is 42.5 Å². The van der Waals surface area contributed by atoms with Crippen molar-refractivity contribution in [2.75, 3.05) is 17.2 Å². The third kappa shape index (κ3) is 5.59. The van der Waals surface area contributed by atoms with Crippen LogP contribution in [0.3, 0.4) is 0 Å². The molecule has 6 heteroatoms. The number of pyridine rings is 1. The molecule has 1 aliphatic carbocycles. The normalized spacial score (nSPS) is 15.1. The molecule has 1 aromatic heterocycles. The lowest BCUT2D eigenvalue weighted by Crippen LogP contribution is -2.43. The molecule has 1 fully saturated rings. The van der Waals surface area contributed by atoms with Crippen LogP contribution in [-0.4, -0.2) is 16.6 Å². The van der Waals surface area contributed by atoms with Crippen molar-refractivity contribution in [2.45, 2.75) is 44.4 Å². The number of rotatable bonds is 6. The van der Waals surface area contributed by atoms with Gasteiger partial charge in [0, 0.05) is 22.7 Å². The van der Waals surface area contributed by atoms with Crippen molar-refractivity contribution < 1.29 is 0 Å². The monoisotopic (exact) mass is 464 g/mol. The molecule has 2 aromatic carbocycles. The van der Waals surface area contributed by atoms with Crippen LogP contribution in [-0.2, 0) is 5.41 Å². The number of para-hydroxylation sites is 1. The molecule has 0 aliphatic heterocycles. The summed E-state index contributed by atoms with van der Waals surface area (Å²) in [7, 11) is 0. The SMILES string of the molecule is Cc1ccccc1Nc1ccc(NC(=S)NCC2(c3cccc(Cl)c3)CCCCC2)cn1. The molecule has 3 aromatic rings. The quantitative estimate of drug-likeness (QED) is 0.343. The highest BCUT2D eigenvalue weighted by Gasteiger charge is 2.34. The maximum absolute atomic E-state index is 6.30. The molecule has 0 saturated heterocycles. The summed E-state index contributed by atoms with van der Waals surface area (Å²) in [6.45, 7) is 2.87. The fraction of sp³-hybridized carbons (Fsp3) is 0.308. The van der Waals surface area contributed by atoms with E-state index in [-0.39, 0.29) is 5.41 Å². The maximum Gasteiger partial charge on any atom is 0.170 e. The summed E-state index contributed by atoms with van der Waals surface area (Å²) < 4.78 is 0. The van der Waals surface area contributed by atoms with Crippen molar-refractivity contribution >= 4 is 46.1 Å². The van der Waals surface area contributed by atoms with E-state index in [0.717, 1.165) is 41.6 Å². The summed E-state index contributed by atoms with van der Waals surface area (Å²) in [5.41, 5.74) is 4.45. The molecule has 0 radical (unpaired) electrons. The summed E-state index contributed by atoms with van der Waals surface area (Å²) >= 11 is 11.9. The van der Waals surface area contributed by atoms with Crippen molar-refractivity contribution in [3.63, 3.8) is 0 Å². The van der Waals surface area contributed by atoms with E-state index in [2.05, 4.69) is 46.1 Å². The van der Waals surface area contributed by atoms with E-state index in [0.29, 0.717) is 5.11 Å². The average molecular weight is 465 g/mol. The smallest absolute Gasteiger partial charge is 0.170 e. The van der Waals surface area contributed by atoms with Crippen LogP contribution in [0.2, 0.25) is 5.02 Å². The first kappa shape index (κ1) is 22.6. The number of benzene rings is 2. The third-order valence-corrected chi connectivity index (χ3v) is 6.75. The first-order valence-corrected chi connectivity index (χ1v) is 11.9. The second-order valence-corrected chi connectivity index (χ2v) is 9.38. The maximum atomic E-state index is 6.30. The van der Waals surface area contributed by atoms with E-state index >= 15 is 0 Å². The van der Waals surface area contributed by atoms with Crippen LogP contribution in [0.15, 0.2) is 66.9 Å². The Morgan fingerprint density at radius 3 is 2.56 bits per heavy atom. The Bertz CT molecular complexity index is 1060. The first-order valence-electron chi connectivity index (χ1n) is 11.1. The second kappa shape index (κ2) is 10.3. The Morgan fingerprint density at radius 1 is 1.03 bits per heavy atom. The van der Waals surface area contributed by atoms with Crippen LogP contribution < -0.4 is 16.0 Å². The summed E-state index contributed by atoms with van der Waals surface area (Å²) in [6, 6.07) is 20.4. The molecule has 0 bridgehead atoms. The summed E-state index contributed by atoms with van der Waals surface area (Å²) in [6.07, 6.45) is 7.83. The minimum absolute atomic E-state index is 0.0639. The highest BCUT2D eigenvalue weighted by atomic mass is 35.5. The number of hydrogen-bond donors (Lipinski definition) is 3. The first-order chi connectivity index (χ1) is 15.5. The van der Waals surface area contributed by atoms with Crippen LogP contribution in [0.5, 0.6) is 0 Å². The molecule has 32 heavy (non-hydrogen) atoms. The number of halogens is 1. The third-order valence-electron chi connectivity index (χ3n) is 6.26. The highest BCUT2D eigenvalue weighted by molar-refractivity contribution is 7.80. The van der Waals surface area contributed by atoms with Crippen molar-refractivity contribution in [1.29, 1.82) is 0 Å². The van der Waals surface area contributed by atoms with Crippen LogP contribution in [0.25, 0.3) is 0 Å². The minimum atomic E-state index is 0.0639. The Labute approximate surface area is 200 Å². The van der Waals surface area contributed by atoms with Crippen molar-refractivity contribution in [1.82, 2.24) is 10.3 Å². The molecule has 4 nitrogen and oxygen atoms in total. The van der Waals surface area contributed by atoms with Gasteiger partial charge in [-0.1, -0.05) is 61.2 Å². The lowest BCUT2D eigenvalue weighted by atomic mass is 9.69. The summed E-state index contributed by atoms with van der Waals surface area (Å²) in [5.74, 6) is 0.797. The van der Waals surface area contributed by atoms with Gasteiger partial charge in [0.15, 0.2) is 5.11 Å². The number of thiocarbonyl (C=S) groups is 1. The predicted octanol–water partition coefficient (Wildman–Crippen LogP) is 6.98. The number of nitrogens with zero attached hydrogens (tertiary/aromatic N) is 1. The van der Waals surface area contributed by atoms with Crippen LogP contribution in [0.1, 0.15) is 43.2 Å². The molecule has 0 unspecified atom stereocenters. The van der Waals surface area contributed by atoms with Gasteiger partial charge in [0.1, 0.15) is 5.82 Å². The number of anilines is 3. The van der Waals surface area contributed by atoms with Gasteiger partial charge in [0.25, 0.3) is 0 Å². The molecule has 1 saturated carbocycles. The van der Waals surface area contributed by atoms with Gasteiger partial charge in [0.2, 0.25) is 0 Å². The molecule has 1 aliphatic rings. The van der Waals surface area contributed by atoms with Gasteiger partial charge in [0.05, 0.1) is 11.9 Å².